The van der Waals surface area contributed by atoms with Gasteiger partial charge in [0.15, 0.2) is 0 Å². The second kappa shape index (κ2) is 22.8. The molecule has 1 unspecified atom stereocenters. The van der Waals surface area contributed by atoms with Crippen molar-refractivity contribution >= 4 is 5.91 Å². The van der Waals surface area contributed by atoms with E-state index in [9.17, 15) is 4.79 Å². The molecule has 31 heavy (non-hydrogen) atoms. The highest BCUT2D eigenvalue weighted by Gasteiger charge is 2.22. The Labute approximate surface area is 206 Å². The number of amides is 1. The van der Waals surface area contributed by atoms with Gasteiger partial charge in [0.25, 0.3) is 0 Å². The molecule has 4 heteroatoms. The molecule has 0 saturated carbocycles. The minimum Gasteiger partial charge on any atom is -1.00 e. The molecule has 0 rings (SSSR count). The van der Waals surface area contributed by atoms with Crippen molar-refractivity contribution in [1.82, 2.24) is 5.32 Å². The summed E-state index contributed by atoms with van der Waals surface area (Å²) in [4.78, 5) is 11.2. The van der Waals surface area contributed by atoms with Gasteiger partial charge in [-0.05, 0) is 25.3 Å². The van der Waals surface area contributed by atoms with E-state index < -0.39 is 0 Å². The number of hydrogen-bond donors (Lipinski definition) is 1. The number of nitrogens with zero attached hydrogens (tertiary/aromatic N) is 1. The summed E-state index contributed by atoms with van der Waals surface area (Å²) >= 11 is 0. The number of unbranched alkanes of at least 4 members (excludes halogenated alkanes) is 14. The third kappa shape index (κ3) is 22.6. The van der Waals surface area contributed by atoms with Crippen molar-refractivity contribution in [3.8, 4) is 0 Å². The van der Waals surface area contributed by atoms with Crippen LogP contribution in [0.5, 0.6) is 0 Å². The molecule has 0 aliphatic carbocycles. The maximum absolute atomic E-state index is 11.2. The molecule has 0 bridgehead atoms. The third-order valence-electron chi connectivity index (χ3n) is 6.44. The summed E-state index contributed by atoms with van der Waals surface area (Å²) in [6.07, 6.45) is 26.2. The van der Waals surface area contributed by atoms with Crippen LogP contribution >= 0.6 is 0 Å². The molecule has 1 N–H and O–H groups in total. The topological polar surface area (TPSA) is 29.1 Å². The molecule has 0 aromatic rings. The lowest BCUT2D eigenvalue weighted by Crippen LogP contribution is -3.00. The van der Waals surface area contributed by atoms with E-state index in [-0.39, 0.29) is 22.9 Å². The standard InChI is InChI=1S/C27H54N2O.BrH/c1-6-8-9-10-11-12-13-14-15-16-17-18-19-20-21-23-26(29(3,4)5)24-22-25-28-27(30)7-2;/h7,26H,2,6,8-25H2,1,3-5H3;1H. The van der Waals surface area contributed by atoms with Gasteiger partial charge in [-0.3, -0.25) is 4.79 Å². The number of hydrogen-bond acceptors (Lipinski definition) is 1. The maximum Gasteiger partial charge on any atom is 0.243 e. The summed E-state index contributed by atoms with van der Waals surface area (Å²) in [5, 5.41) is 2.90. The fourth-order valence-electron chi connectivity index (χ4n) is 4.29. The second-order valence-electron chi connectivity index (χ2n) is 10.1. The van der Waals surface area contributed by atoms with Gasteiger partial charge in [0.2, 0.25) is 5.91 Å². The third-order valence-corrected chi connectivity index (χ3v) is 6.44. The Morgan fingerprint density at radius 1 is 0.742 bits per heavy atom. The number of quaternary nitrogens is 1. The van der Waals surface area contributed by atoms with Crippen molar-refractivity contribution in [3.05, 3.63) is 12.7 Å². The van der Waals surface area contributed by atoms with Gasteiger partial charge in [0.05, 0.1) is 27.2 Å². The summed E-state index contributed by atoms with van der Waals surface area (Å²) in [6.45, 7) is 6.56. The Morgan fingerprint density at radius 2 is 1.13 bits per heavy atom. The largest absolute Gasteiger partial charge is 1.00 e. The molecule has 0 aromatic heterocycles. The highest BCUT2D eigenvalue weighted by atomic mass is 79.9. The van der Waals surface area contributed by atoms with Crippen molar-refractivity contribution in [2.24, 2.45) is 0 Å². The van der Waals surface area contributed by atoms with Crippen LogP contribution < -0.4 is 22.3 Å². The summed E-state index contributed by atoms with van der Waals surface area (Å²) in [5.41, 5.74) is 0. The molecule has 3 nitrogen and oxygen atoms in total. The van der Waals surface area contributed by atoms with Gasteiger partial charge in [-0.2, -0.15) is 0 Å². The van der Waals surface area contributed by atoms with Gasteiger partial charge < -0.3 is 26.8 Å². The summed E-state index contributed by atoms with van der Waals surface area (Å²) in [7, 11) is 6.91. The quantitative estimate of drug-likeness (QED) is 0.132. The number of nitrogens with one attached hydrogen (secondary N) is 1. The minimum atomic E-state index is -0.0563. The predicted octanol–water partition coefficient (Wildman–Crippen LogP) is 4.41. The number of rotatable bonds is 22. The summed E-state index contributed by atoms with van der Waals surface area (Å²) in [5.74, 6) is -0.0563. The van der Waals surface area contributed by atoms with Crippen LogP contribution in [0, 0.1) is 0 Å². The van der Waals surface area contributed by atoms with Crippen molar-refractivity contribution < 1.29 is 26.3 Å². The van der Waals surface area contributed by atoms with Gasteiger partial charge in [-0.15, -0.1) is 0 Å². The average Bonchev–Trinajstić information content (AvgIpc) is 2.71. The van der Waals surface area contributed by atoms with Gasteiger partial charge >= 0.3 is 0 Å². The van der Waals surface area contributed by atoms with E-state index in [1.165, 1.54) is 115 Å². The predicted molar refractivity (Wildman–Crippen MR) is 134 cm³/mol. The lowest BCUT2D eigenvalue weighted by molar-refractivity contribution is -0.896. The van der Waals surface area contributed by atoms with Crippen molar-refractivity contribution in [2.75, 3.05) is 27.7 Å². The van der Waals surface area contributed by atoms with Gasteiger partial charge in [-0.25, -0.2) is 0 Å². The molecule has 0 aliphatic rings. The fraction of sp³-hybridized carbons (Fsp3) is 0.889. The monoisotopic (exact) mass is 502 g/mol. The average molecular weight is 504 g/mol. The Bertz CT molecular complexity index is 407. The Kier molecular flexibility index (Phi) is 24.2. The molecule has 0 radical (unpaired) electrons. The molecule has 0 aliphatic heterocycles. The van der Waals surface area contributed by atoms with Crippen LogP contribution in [0.4, 0.5) is 0 Å². The zero-order valence-corrected chi connectivity index (χ0v) is 23.1. The van der Waals surface area contributed by atoms with Crippen molar-refractivity contribution in [1.29, 1.82) is 0 Å². The molecular weight excluding hydrogens is 448 g/mol. The molecule has 0 fully saturated rings. The zero-order chi connectivity index (χ0) is 22.5. The molecule has 1 amide bonds. The SMILES string of the molecule is C=CC(=O)NCCCC(CCCCCCCCCCCCCCCCC)[N+](C)(C)C.[Br-]. The zero-order valence-electron chi connectivity index (χ0n) is 21.5. The van der Waals surface area contributed by atoms with E-state index in [0.29, 0.717) is 6.04 Å². The van der Waals surface area contributed by atoms with E-state index in [1.807, 2.05) is 0 Å². The van der Waals surface area contributed by atoms with Crippen LogP contribution in [-0.2, 0) is 4.79 Å². The molecule has 0 saturated heterocycles. The van der Waals surface area contributed by atoms with Crippen molar-refractivity contribution in [3.63, 3.8) is 0 Å². The second-order valence-corrected chi connectivity index (χ2v) is 10.1. The minimum absolute atomic E-state index is 0. The van der Waals surface area contributed by atoms with Crippen LogP contribution in [0.1, 0.15) is 122 Å². The molecule has 0 spiro atoms. The molecule has 186 valence electrons. The maximum atomic E-state index is 11.2. The summed E-state index contributed by atoms with van der Waals surface area (Å²) in [6, 6.07) is 0.688. The fourth-order valence-corrected chi connectivity index (χ4v) is 4.29. The normalized spacial score (nSPS) is 12.3. The van der Waals surface area contributed by atoms with E-state index >= 15 is 0 Å². The van der Waals surface area contributed by atoms with Gasteiger partial charge in [-0.1, -0.05) is 103 Å². The van der Waals surface area contributed by atoms with Gasteiger partial charge in [0.1, 0.15) is 0 Å². The lowest BCUT2D eigenvalue weighted by Gasteiger charge is -2.34. The highest BCUT2D eigenvalue weighted by molar-refractivity contribution is 5.86. The first-order valence-corrected chi connectivity index (χ1v) is 13.1. The molecule has 0 aromatic carbocycles. The Morgan fingerprint density at radius 3 is 1.52 bits per heavy atom. The first-order chi connectivity index (χ1) is 14.4. The Balaban J connectivity index is 0. The molecular formula is C27H55BrN2O. The number of carbonyl (C=O) groups is 1. The summed E-state index contributed by atoms with van der Waals surface area (Å²) < 4.78 is 1.02. The Hall–Kier alpha value is -0.350. The highest BCUT2D eigenvalue weighted by Crippen LogP contribution is 2.19. The first kappa shape index (κ1) is 32.8. The molecule has 0 heterocycles. The van der Waals surface area contributed by atoms with Crippen LogP contribution in [0.25, 0.3) is 0 Å². The smallest absolute Gasteiger partial charge is 0.243 e. The number of carbonyl (C=O) groups excluding carboxylic acids is 1. The van der Waals surface area contributed by atoms with Crippen LogP contribution in [0.15, 0.2) is 12.7 Å². The van der Waals surface area contributed by atoms with Crippen LogP contribution in [0.2, 0.25) is 0 Å². The van der Waals surface area contributed by atoms with Crippen molar-refractivity contribution in [2.45, 2.75) is 129 Å². The number of halogens is 1. The van der Waals surface area contributed by atoms with Crippen LogP contribution in [0.3, 0.4) is 0 Å². The molecule has 1 atom stereocenters. The first-order valence-electron chi connectivity index (χ1n) is 13.1. The van der Waals surface area contributed by atoms with Crippen LogP contribution in [-0.4, -0.2) is 44.1 Å². The van der Waals surface area contributed by atoms with E-state index in [2.05, 4.69) is 40.0 Å². The van der Waals surface area contributed by atoms with E-state index in [4.69, 9.17) is 0 Å². The van der Waals surface area contributed by atoms with Gasteiger partial charge in [0, 0.05) is 13.0 Å². The van der Waals surface area contributed by atoms with E-state index in [0.717, 1.165) is 17.4 Å². The van der Waals surface area contributed by atoms with E-state index in [1.54, 1.807) is 0 Å². The lowest BCUT2D eigenvalue weighted by atomic mass is 9.99.